The summed E-state index contributed by atoms with van der Waals surface area (Å²) in [6.45, 7) is 2.33. The Morgan fingerprint density at radius 3 is 1.17 bits per heavy atom. The van der Waals surface area contributed by atoms with Gasteiger partial charge in [-0.1, -0.05) is 170 Å². The molecule has 0 aromatic heterocycles. The van der Waals surface area contributed by atoms with Crippen molar-refractivity contribution in [3.8, 4) is 0 Å². The van der Waals surface area contributed by atoms with Crippen LogP contribution in [0.15, 0.2) is 212 Å². The molecule has 4 aliphatic rings. The molecule has 0 heterocycles. The standard InChI is InChI=1S/C42H38P2.C14H14N2.2ClH.Ru/c1-2-33-30-36-26-24-32-23-25-34(41(29-32)43(37-15-7-3-8-16-37)38-17-9-4-10-18-38)27-28-35(33)31-42(36)44(39-19-11-5-12-20-39)40-21-13-6-14-22-40;15-13(11-7-3-1-4-8-11)14(16)12-9-5-2-6-10-12;;;/h3-23,25,29-31H,2,24,26-28H2,1H3;1-10,13-16H;2*1H;/q;-2;;;+4/t;13-,14?;;;/m.1.../s1. The van der Waals surface area contributed by atoms with E-state index < -0.39 is 27.9 Å². The third-order valence-corrected chi connectivity index (χ3v) is 17.4. The molecule has 318 valence electrons. The van der Waals surface area contributed by atoms with Gasteiger partial charge >= 0.3 is 34.5 Å². The fourth-order valence-electron chi connectivity index (χ4n) is 8.60. The predicted molar refractivity (Wildman–Crippen MR) is 276 cm³/mol. The largest absolute Gasteiger partial charge is 0.672 e. The molecule has 8 aromatic rings. The van der Waals surface area contributed by atoms with Gasteiger partial charge in [0.25, 0.3) is 0 Å². The average Bonchev–Trinajstić information content (AvgIpc) is 3.34. The second kappa shape index (κ2) is 24.1. The van der Waals surface area contributed by atoms with Gasteiger partial charge in [-0.25, -0.2) is 0 Å². The summed E-state index contributed by atoms with van der Waals surface area (Å²) in [7, 11) is 7.43. The van der Waals surface area contributed by atoms with Gasteiger partial charge in [-0.3, -0.25) is 0 Å². The molecule has 8 aromatic carbocycles. The predicted octanol–water partition coefficient (Wildman–Crippen LogP) is 13.1. The van der Waals surface area contributed by atoms with Crippen molar-refractivity contribution < 1.29 is 15.1 Å². The maximum atomic E-state index is 8.07. The minimum atomic E-state index is -1.14. The molecule has 7 heteroatoms. The molecule has 2 atom stereocenters. The van der Waals surface area contributed by atoms with Crippen LogP contribution in [-0.2, 0) is 47.2 Å². The number of benzene rings is 8. The van der Waals surface area contributed by atoms with Crippen LogP contribution >= 0.6 is 35.2 Å². The van der Waals surface area contributed by atoms with Crippen LogP contribution in [0.5, 0.6) is 0 Å². The molecule has 4 bridgehead atoms. The summed E-state index contributed by atoms with van der Waals surface area (Å²) in [4.78, 5) is 0. The zero-order chi connectivity index (χ0) is 43.8. The monoisotopic (exact) mass is 988 g/mol. The van der Waals surface area contributed by atoms with Crippen LogP contribution in [0.2, 0.25) is 0 Å². The van der Waals surface area contributed by atoms with E-state index >= 15 is 0 Å². The first-order valence-corrected chi connectivity index (χ1v) is 29.1. The molecule has 0 aliphatic heterocycles. The van der Waals surface area contributed by atoms with Crippen molar-refractivity contribution in [1.82, 2.24) is 0 Å². The van der Waals surface area contributed by atoms with E-state index in [1.165, 1.54) is 49.0 Å². The smallest absolute Gasteiger partial charge is 0.0606 e. The summed E-state index contributed by atoms with van der Waals surface area (Å²) >= 11 is -0.346. The quantitative estimate of drug-likeness (QED) is 0.0968. The Labute approximate surface area is 393 Å². The fourth-order valence-corrected chi connectivity index (χ4v) is 14.3. The maximum absolute atomic E-state index is 8.07. The van der Waals surface area contributed by atoms with Crippen LogP contribution in [0, 0.1) is 0 Å². The van der Waals surface area contributed by atoms with Gasteiger partial charge in [-0.15, -0.1) is 12.1 Å². The molecule has 0 fully saturated rings. The topological polar surface area (TPSA) is 47.6 Å². The Kier molecular flexibility index (Phi) is 17.9. The van der Waals surface area contributed by atoms with E-state index in [-0.39, 0.29) is 15.1 Å². The summed E-state index contributed by atoms with van der Waals surface area (Å²) in [5, 5.41) is 9.01. The van der Waals surface area contributed by atoms with Crippen molar-refractivity contribution in [3.05, 3.63) is 263 Å². The second-order valence-electron chi connectivity index (χ2n) is 15.7. The Bertz CT molecular complexity index is 2460. The van der Waals surface area contributed by atoms with Crippen LogP contribution in [0.1, 0.15) is 58.0 Å². The van der Waals surface area contributed by atoms with E-state index in [2.05, 4.69) is 159 Å². The fraction of sp³-hybridized carbons (Fsp3) is 0.143. The number of halogens is 2. The normalized spacial score (nSPS) is 12.9. The van der Waals surface area contributed by atoms with E-state index in [1.807, 2.05) is 60.7 Å². The van der Waals surface area contributed by atoms with E-state index in [0.29, 0.717) is 0 Å². The van der Waals surface area contributed by atoms with Crippen molar-refractivity contribution >= 4 is 67.1 Å². The van der Waals surface area contributed by atoms with E-state index in [4.69, 9.17) is 30.8 Å². The first-order valence-electron chi connectivity index (χ1n) is 21.6. The van der Waals surface area contributed by atoms with Crippen LogP contribution in [0.25, 0.3) is 11.5 Å². The average molecular weight is 989 g/mol. The SMILES string of the molecule is CCc1cc2c([PH+](c3ccccc3)c3ccccc3)cc1CCc1ccc(cc1[PH+](c1ccccc1)c1ccccc1)CC2.[Cl][Ru+2][Cl].[NH-]C(c1ccccc1)[C@H]([NH-])c1ccccc1. The van der Waals surface area contributed by atoms with Crippen molar-refractivity contribution in [1.29, 1.82) is 0 Å². The van der Waals surface area contributed by atoms with Crippen LogP contribution in [0.4, 0.5) is 0 Å². The Morgan fingerprint density at radius 2 is 0.778 bits per heavy atom. The molecule has 0 radical (unpaired) electrons. The number of rotatable bonds is 10. The van der Waals surface area contributed by atoms with E-state index in [9.17, 15) is 0 Å². The van der Waals surface area contributed by atoms with Gasteiger partial charge in [-0.05, 0) is 121 Å². The van der Waals surface area contributed by atoms with Crippen molar-refractivity contribution in [3.63, 3.8) is 0 Å². The maximum Gasteiger partial charge on any atom is -0.0606 e. The van der Waals surface area contributed by atoms with Gasteiger partial charge in [0.1, 0.15) is 31.8 Å². The molecular formula is C56H54Cl2N2P2Ru+2. The molecule has 0 spiro atoms. The van der Waals surface area contributed by atoms with Crippen molar-refractivity contribution in [2.75, 3.05) is 0 Å². The number of aryl methyl sites for hydroxylation is 5. The van der Waals surface area contributed by atoms with E-state index in [0.717, 1.165) is 43.2 Å². The molecule has 2 N–H and O–H groups in total. The summed E-state index contributed by atoms with van der Waals surface area (Å²) < 4.78 is 0. The van der Waals surface area contributed by atoms with E-state index in [1.54, 1.807) is 10.6 Å². The molecule has 12 rings (SSSR count). The van der Waals surface area contributed by atoms with Crippen LogP contribution < -0.4 is 31.8 Å². The van der Waals surface area contributed by atoms with Crippen molar-refractivity contribution in [2.45, 2.75) is 51.1 Å². The molecule has 0 amide bonds. The van der Waals surface area contributed by atoms with Gasteiger partial charge in [0, 0.05) is 0 Å². The third-order valence-electron chi connectivity index (χ3n) is 11.8. The van der Waals surface area contributed by atoms with Crippen molar-refractivity contribution in [2.24, 2.45) is 0 Å². The Morgan fingerprint density at radius 1 is 0.429 bits per heavy atom. The number of hydrogen-bond acceptors (Lipinski definition) is 0. The van der Waals surface area contributed by atoms with Gasteiger partial charge in [-0.2, -0.15) is 0 Å². The van der Waals surface area contributed by atoms with Crippen LogP contribution in [0.3, 0.4) is 0 Å². The first kappa shape index (κ1) is 46.7. The number of nitrogens with one attached hydrogen (secondary N) is 2. The molecule has 4 aliphatic carbocycles. The second-order valence-corrected chi connectivity index (χ2v) is 23.2. The summed E-state index contributed by atoms with van der Waals surface area (Å²) in [6.07, 6.45) is 5.33. The molecule has 1 unspecified atom stereocenters. The minimum absolute atomic E-state index is 0.346. The molecule has 2 nitrogen and oxygen atoms in total. The Hall–Kier alpha value is -4.26. The molecular weight excluding hydrogens is 935 g/mol. The first-order chi connectivity index (χ1) is 31.0. The molecule has 0 saturated heterocycles. The summed E-state index contributed by atoms with van der Waals surface area (Å²) in [5.41, 5.74) is 25.5. The summed E-state index contributed by atoms with van der Waals surface area (Å²) in [5.74, 6) is 0. The van der Waals surface area contributed by atoms with Gasteiger partial charge in [0.05, 0.1) is 15.8 Å². The number of hydrogen-bond donors (Lipinski definition) is 0. The zero-order valence-corrected chi connectivity index (χ0v) is 40.8. The minimum Gasteiger partial charge on any atom is -0.672 e. The summed E-state index contributed by atoms with van der Waals surface area (Å²) in [6, 6.07) is 75.8. The molecule has 0 saturated carbocycles. The molecule has 63 heavy (non-hydrogen) atoms. The van der Waals surface area contributed by atoms with Crippen LogP contribution in [-0.4, -0.2) is 0 Å². The zero-order valence-electron chi connectivity index (χ0n) is 35.5. The van der Waals surface area contributed by atoms with Gasteiger partial charge < -0.3 is 11.5 Å². The van der Waals surface area contributed by atoms with Gasteiger partial charge in [0.2, 0.25) is 0 Å². The Balaban J connectivity index is 0.000000261. The third kappa shape index (κ3) is 12.3. The van der Waals surface area contributed by atoms with Gasteiger partial charge in [0.15, 0.2) is 0 Å².